The van der Waals surface area contributed by atoms with Crippen LogP contribution in [0.1, 0.15) is 43.7 Å². The molecule has 1 aliphatic rings. The van der Waals surface area contributed by atoms with Crippen molar-refractivity contribution in [3.8, 4) is 5.75 Å². The number of aliphatic hydroxyl groups excluding tert-OH is 1. The second-order valence-electron chi connectivity index (χ2n) is 5.33. The van der Waals surface area contributed by atoms with Crippen molar-refractivity contribution in [3.05, 3.63) is 29.8 Å². The molecule has 0 amide bonds. The van der Waals surface area contributed by atoms with E-state index in [0.29, 0.717) is 5.56 Å². The van der Waals surface area contributed by atoms with Crippen molar-refractivity contribution >= 4 is 12.4 Å². The number of benzene rings is 1. The largest absolute Gasteiger partial charge is 0.434 e. The number of aliphatic hydroxyl groups is 1. The van der Waals surface area contributed by atoms with E-state index >= 15 is 0 Å². The second kappa shape index (κ2) is 8.51. The third kappa shape index (κ3) is 4.80. The Morgan fingerprint density at radius 3 is 2.38 bits per heavy atom. The van der Waals surface area contributed by atoms with E-state index in [1.807, 2.05) is 0 Å². The lowest BCUT2D eigenvalue weighted by molar-refractivity contribution is -0.0513. The van der Waals surface area contributed by atoms with E-state index in [1.165, 1.54) is 12.5 Å². The van der Waals surface area contributed by atoms with Gasteiger partial charge >= 0.3 is 6.61 Å². The van der Waals surface area contributed by atoms with Gasteiger partial charge in [-0.05, 0) is 24.8 Å². The molecule has 1 fully saturated rings. The molecule has 0 radical (unpaired) electrons. The van der Waals surface area contributed by atoms with Crippen molar-refractivity contribution in [1.29, 1.82) is 0 Å². The number of alkyl halides is 2. The number of hydrogen-bond acceptors (Lipinski definition) is 3. The van der Waals surface area contributed by atoms with Crippen LogP contribution in [0.15, 0.2) is 24.3 Å². The average molecular weight is 322 g/mol. The molecule has 2 atom stereocenters. The van der Waals surface area contributed by atoms with Crippen molar-refractivity contribution in [2.75, 3.05) is 0 Å². The van der Waals surface area contributed by atoms with Crippen LogP contribution in [0.3, 0.4) is 0 Å². The molecule has 0 heterocycles. The summed E-state index contributed by atoms with van der Waals surface area (Å²) < 4.78 is 29.3. The van der Waals surface area contributed by atoms with E-state index in [-0.39, 0.29) is 24.1 Å². The summed E-state index contributed by atoms with van der Waals surface area (Å²) in [6, 6.07) is 5.71. The van der Waals surface area contributed by atoms with Gasteiger partial charge in [0.05, 0.1) is 12.1 Å². The molecule has 6 heteroatoms. The fourth-order valence-corrected chi connectivity index (χ4v) is 2.91. The minimum atomic E-state index is -2.89. The van der Waals surface area contributed by atoms with E-state index in [1.54, 1.807) is 18.2 Å². The quantitative estimate of drug-likeness (QED) is 0.870. The molecule has 0 aliphatic heterocycles. The SMILES string of the molecule is Cl.N[C@H](c1ccccc1OC(F)F)[C@@H](O)C1CCCCC1. The molecule has 1 saturated carbocycles. The number of halogens is 3. The summed E-state index contributed by atoms with van der Waals surface area (Å²) in [5.41, 5.74) is 6.51. The van der Waals surface area contributed by atoms with Gasteiger partial charge in [-0.1, -0.05) is 37.5 Å². The molecule has 3 nitrogen and oxygen atoms in total. The molecule has 0 bridgehead atoms. The maximum Gasteiger partial charge on any atom is 0.387 e. The minimum Gasteiger partial charge on any atom is -0.434 e. The van der Waals surface area contributed by atoms with Crippen molar-refractivity contribution in [2.24, 2.45) is 11.7 Å². The number of rotatable bonds is 5. The highest BCUT2D eigenvalue weighted by Crippen LogP contribution is 2.34. The Hall–Kier alpha value is -0.910. The lowest BCUT2D eigenvalue weighted by Gasteiger charge is -2.31. The van der Waals surface area contributed by atoms with Crippen molar-refractivity contribution in [1.82, 2.24) is 0 Å². The van der Waals surface area contributed by atoms with Crippen LogP contribution in [0, 0.1) is 5.92 Å². The van der Waals surface area contributed by atoms with E-state index in [0.717, 1.165) is 25.7 Å². The van der Waals surface area contributed by atoms with Crippen molar-refractivity contribution < 1.29 is 18.6 Å². The standard InChI is InChI=1S/C15H21F2NO2.ClH/c16-15(17)20-12-9-5-4-8-11(12)13(18)14(19)10-6-2-1-3-7-10;/h4-5,8-10,13-15,19H,1-3,6-7,18H2;1H/t13-,14+;/m1./s1. The van der Waals surface area contributed by atoms with Gasteiger partial charge in [0.1, 0.15) is 5.75 Å². The number of hydrogen-bond donors (Lipinski definition) is 2. The highest BCUT2D eigenvalue weighted by atomic mass is 35.5. The van der Waals surface area contributed by atoms with Crippen LogP contribution >= 0.6 is 12.4 Å². The highest BCUT2D eigenvalue weighted by molar-refractivity contribution is 5.85. The molecule has 0 saturated heterocycles. The first kappa shape index (κ1) is 18.1. The van der Waals surface area contributed by atoms with Gasteiger partial charge < -0.3 is 15.6 Å². The predicted molar refractivity (Wildman–Crippen MR) is 79.8 cm³/mol. The predicted octanol–water partition coefficient (Wildman–Crippen LogP) is 3.65. The molecule has 120 valence electrons. The molecule has 3 N–H and O–H groups in total. The van der Waals surface area contributed by atoms with Gasteiger partial charge in [-0.25, -0.2) is 0 Å². The lowest BCUT2D eigenvalue weighted by atomic mass is 9.81. The topological polar surface area (TPSA) is 55.5 Å². The molecule has 1 aromatic carbocycles. The fraction of sp³-hybridized carbons (Fsp3) is 0.600. The van der Waals surface area contributed by atoms with Gasteiger partial charge in [-0.3, -0.25) is 0 Å². The summed E-state index contributed by atoms with van der Waals surface area (Å²) in [6.07, 6.45) is 4.51. The zero-order valence-corrected chi connectivity index (χ0v) is 12.6. The van der Waals surface area contributed by atoms with Crippen molar-refractivity contribution in [3.63, 3.8) is 0 Å². The molecule has 1 aliphatic carbocycles. The van der Waals surface area contributed by atoms with Crippen LogP contribution in [-0.4, -0.2) is 17.8 Å². The summed E-state index contributed by atoms with van der Waals surface area (Å²) in [4.78, 5) is 0. The van der Waals surface area contributed by atoms with E-state index in [9.17, 15) is 13.9 Å². The number of ether oxygens (including phenoxy) is 1. The third-order valence-electron chi connectivity index (χ3n) is 3.99. The van der Waals surface area contributed by atoms with Gasteiger partial charge in [0.2, 0.25) is 0 Å². The van der Waals surface area contributed by atoms with Crippen LogP contribution in [0.25, 0.3) is 0 Å². The maximum absolute atomic E-state index is 12.4. The molecule has 21 heavy (non-hydrogen) atoms. The van der Waals surface area contributed by atoms with Crippen LogP contribution in [0.2, 0.25) is 0 Å². The first-order valence-electron chi connectivity index (χ1n) is 7.07. The van der Waals surface area contributed by atoms with Crippen LogP contribution < -0.4 is 10.5 Å². The molecule has 2 rings (SSSR count). The van der Waals surface area contributed by atoms with Gasteiger partial charge in [-0.2, -0.15) is 8.78 Å². The Bertz CT molecular complexity index is 428. The maximum atomic E-state index is 12.4. The smallest absolute Gasteiger partial charge is 0.387 e. The van der Waals surface area contributed by atoms with Gasteiger partial charge in [0.15, 0.2) is 0 Å². The molecule has 0 unspecified atom stereocenters. The average Bonchev–Trinajstić information content (AvgIpc) is 2.46. The van der Waals surface area contributed by atoms with E-state index in [2.05, 4.69) is 4.74 Å². The van der Waals surface area contributed by atoms with Gasteiger partial charge in [0.25, 0.3) is 0 Å². The zero-order valence-electron chi connectivity index (χ0n) is 11.8. The molecule has 0 spiro atoms. The lowest BCUT2D eigenvalue weighted by Crippen LogP contribution is -2.34. The van der Waals surface area contributed by atoms with Gasteiger partial charge in [-0.15, -0.1) is 12.4 Å². The van der Waals surface area contributed by atoms with Crippen LogP contribution in [0.4, 0.5) is 8.78 Å². The molecule has 0 aromatic heterocycles. The third-order valence-corrected chi connectivity index (χ3v) is 3.99. The van der Waals surface area contributed by atoms with Crippen LogP contribution in [-0.2, 0) is 0 Å². The Kier molecular flexibility index (Phi) is 7.35. The highest BCUT2D eigenvalue weighted by Gasteiger charge is 2.29. The number of para-hydroxylation sites is 1. The van der Waals surface area contributed by atoms with Crippen LogP contribution in [0.5, 0.6) is 5.75 Å². The first-order valence-corrected chi connectivity index (χ1v) is 7.07. The van der Waals surface area contributed by atoms with Crippen molar-refractivity contribution in [2.45, 2.75) is 50.9 Å². The zero-order chi connectivity index (χ0) is 14.5. The summed E-state index contributed by atoms with van der Waals surface area (Å²) in [5.74, 6) is 0.184. The second-order valence-corrected chi connectivity index (χ2v) is 5.33. The van der Waals surface area contributed by atoms with E-state index < -0.39 is 18.8 Å². The first-order chi connectivity index (χ1) is 9.59. The van der Waals surface area contributed by atoms with E-state index in [4.69, 9.17) is 5.73 Å². The Morgan fingerprint density at radius 1 is 1.14 bits per heavy atom. The minimum absolute atomic E-state index is 0. The monoisotopic (exact) mass is 321 g/mol. The number of nitrogens with two attached hydrogens (primary N) is 1. The summed E-state index contributed by atoms with van der Waals surface area (Å²) >= 11 is 0. The Morgan fingerprint density at radius 2 is 1.76 bits per heavy atom. The summed E-state index contributed by atoms with van der Waals surface area (Å²) in [6.45, 7) is -2.89. The van der Waals surface area contributed by atoms with Gasteiger partial charge in [0, 0.05) is 5.56 Å². The normalized spacial score (nSPS) is 18.9. The molecular formula is C15H22ClF2NO2. The molecular weight excluding hydrogens is 300 g/mol. The Labute approximate surface area is 129 Å². The fourth-order valence-electron chi connectivity index (χ4n) is 2.91. The molecule has 1 aromatic rings. The summed E-state index contributed by atoms with van der Waals surface area (Å²) in [5, 5.41) is 10.4. The summed E-state index contributed by atoms with van der Waals surface area (Å²) in [7, 11) is 0. The Balaban J connectivity index is 0.00000220.